The van der Waals surface area contributed by atoms with E-state index in [1.165, 1.54) is 21.9 Å². The van der Waals surface area contributed by atoms with Crippen molar-refractivity contribution in [2.45, 2.75) is 46.1 Å². The minimum absolute atomic E-state index is 0.0212. The second-order valence-corrected chi connectivity index (χ2v) is 8.00. The van der Waals surface area contributed by atoms with E-state index in [4.69, 9.17) is 0 Å². The number of hydrogen-bond acceptors (Lipinski definition) is 5. The molecule has 1 fully saturated rings. The molecule has 1 atom stereocenters. The van der Waals surface area contributed by atoms with Crippen LogP contribution in [-0.2, 0) is 0 Å². The van der Waals surface area contributed by atoms with Gasteiger partial charge in [-0.25, -0.2) is 14.5 Å². The SMILES string of the molecule is Cc1cc(=O)n2[nH]c([C@@H]3CCCCN3C(=O)c3sc(C)nc3C)cc2n1. The summed E-state index contributed by atoms with van der Waals surface area (Å²) in [5.41, 5.74) is 2.78. The van der Waals surface area contributed by atoms with Crippen LogP contribution >= 0.6 is 11.3 Å². The second-order valence-electron chi connectivity index (χ2n) is 6.80. The quantitative estimate of drug-likeness (QED) is 0.751. The summed E-state index contributed by atoms with van der Waals surface area (Å²) < 4.78 is 1.45. The molecular formula is C18H21N5O2S. The molecule has 0 spiro atoms. The number of nitrogens with one attached hydrogen (secondary N) is 1. The number of hydrogen-bond donors (Lipinski definition) is 1. The van der Waals surface area contributed by atoms with Crippen LogP contribution in [0.25, 0.3) is 5.65 Å². The van der Waals surface area contributed by atoms with E-state index in [0.29, 0.717) is 22.8 Å². The Kier molecular flexibility index (Phi) is 4.14. The predicted octanol–water partition coefficient (Wildman–Crippen LogP) is 2.77. The largest absolute Gasteiger partial charge is 0.329 e. The lowest BCUT2D eigenvalue weighted by Gasteiger charge is -2.34. The number of H-pyrrole nitrogens is 1. The highest BCUT2D eigenvalue weighted by Crippen LogP contribution is 2.33. The number of piperidine rings is 1. The molecule has 1 N–H and O–H groups in total. The molecule has 7 nitrogen and oxygen atoms in total. The molecule has 1 aliphatic heterocycles. The van der Waals surface area contributed by atoms with Crippen LogP contribution in [0.1, 0.15) is 57.1 Å². The monoisotopic (exact) mass is 371 g/mol. The van der Waals surface area contributed by atoms with Crippen molar-refractivity contribution < 1.29 is 4.79 Å². The summed E-state index contributed by atoms with van der Waals surface area (Å²) in [6, 6.07) is 3.30. The highest BCUT2D eigenvalue weighted by Gasteiger charge is 2.32. The van der Waals surface area contributed by atoms with Gasteiger partial charge in [-0.1, -0.05) is 0 Å². The van der Waals surface area contributed by atoms with Crippen molar-refractivity contribution in [3.8, 4) is 0 Å². The zero-order valence-corrected chi connectivity index (χ0v) is 15.9. The van der Waals surface area contributed by atoms with Gasteiger partial charge in [-0.15, -0.1) is 11.3 Å². The Balaban J connectivity index is 1.74. The Hall–Kier alpha value is -2.48. The van der Waals surface area contributed by atoms with E-state index >= 15 is 0 Å². The van der Waals surface area contributed by atoms with Crippen LogP contribution in [0.4, 0.5) is 0 Å². The van der Waals surface area contributed by atoms with Gasteiger partial charge in [0.25, 0.3) is 11.5 Å². The number of carbonyl (C=O) groups excluding carboxylic acids is 1. The lowest BCUT2D eigenvalue weighted by atomic mass is 9.99. The van der Waals surface area contributed by atoms with Gasteiger partial charge in [0.1, 0.15) is 4.88 Å². The van der Waals surface area contributed by atoms with E-state index in [2.05, 4.69) is 15.1 Å². The fourth-order valence-corrected chi connectivity index (χ4v) is 4.53. The van der Waals surface area contributed by atoms with Crippen molar-refractivity contribution in [3.63, 3.8) is 0 Å². The molecule has 136 valence electrons. The molecular weight excluding hydrogens is 350 g/mol. The van der Waals surface area contributed by atoms with Crippen LogP contribution in [0, 0.1) is 20.8 Å². The Labute approximate surface area is 154 Å². The molecule has 4 heterocycles. The first kappa shape index (κ1) is 17.0. The zero-order chi connectivity index (χ0) is 18.4. The molecule has 1 aliphatic rings. The predicted molar refractivity (Wildman–Crippen MR) is 99.8 cm³/mol. The van der Waals surface area contributed by atoms with E-state index in [-0.39, 0.29) is 17.5 Å². The van der Waals surface area contributed by atoms with Crippen molar-refractivity contribution in [3.05, 3.63) is 49.5 Å². The average molecular weight is 371 g/mol. The number of likely N-dealkylation sites (tertiary alicyclic amines) is 1. The summed E-state index contributed by atoms with van der Waals surface area (Å²) in [6.07, 6.45) is 2.89. The average Bonchev–Trinajstić information content (AvgIpc) is 3.17. The molecule has 3 aromatic heterocycles. The van der Waals surface area contributed by atoms with Gasteiger partial charge in [-0.3, -0.25) is 14.7 Å². The van der Waals surface area contributed by atoms with E-state index < -0.39 is 0 Å². The standard InChI is InChI=1S/C18H21N5O2S/c1-10-8-16(24)23-15(19-10)9-13(21-23)14-6-4-5-7-22(14)18(25)17-11(2)20-12(3)26-17/h8-9,14,21H,4-7H2,1-3H3/t14-/m0/s1. The maximum Gasteiger partial charge on any atom is 0.272 e. The van der Waals surface area contributed by atoms with Gasteiger partial charge in [-0.2, -0.15) is 0 Å². The second kappa shape index (κ2) is 6.35. The molecule has 26 heavy (non-hydrogen) atoms. The summed E-state index contributed by atoms with van der Waals surface area (Å²) in [5, 5.41) is 4.05. The lowest BCUT2D eigenvalue weighted by molar-refractivity contribution is 0.0610. The van der Waals surface area contributed by atoms with Gasteiger partial charge in [0.05, 0.1) is 22.4 Å². The maximum atomic E-state index is 13.2. The van der Waals surface area contributed by atoms with Crippen molar-refractivity contribution in [2.24, 2.45) is 0 Å². The number of aromatic amines is 1. The van der Waals surface area contributed by atoms with Crippen LogP contribution < -0.4 is 5.56 Å². The minimum atomic E-state index is -0.138. The number of aromatic nitrogens is 4. The third kappa shape index (κ3) is 2.84. The van der Waals surface area contributed by atoms with E-state index in [0.717, 1.165) is 35.7 Å². The van der Waals surface area contributed by atoms with Crippen molar-refractivity contribution in [1.29, 1.82) is 0 Å². The van der Waals surface area contributed by atoms with Crippen LogP contribution in [0.15, 0.2) is 16.9 Å². The molecule has 3 aromatic rings. The summed E-state index contributed by atoms with van der Waals surface area (Å²) >= 11 is 1.44. The summed E-state index contributed by atoms with van der Waals surface area (Å²) in [6.45, 7) is 6.31. The van der Waals surface area contributed by atoms with Gasteiger partial charge in [0.15, 0.2) is 5.65 Å². The number of carbonyl (C=O) groups is 1. The molecule has 0 radical (unpaired) electrons. The number of amides is 1. The number of aryl methyl sites for hydroxylation is 3. The topological polar surface area (TPSA) is 83.4 Å². The molecule has 1 saturated heterocycles. The maximum absolute atomic E-state index is 13.2. The summed E-state index contributed by atoms with van der Waals surface area (Å²) in [5.74, 6) is 0.0212. The Morgan fingerprint density at radius 2 is 2.04 bits per heavy atom. The molecule has 0 aliphatic carbocycles. The van der Waals surface area contributed by atoms with E-state index in [1.807, 2.05) is 24.8 Å². The number of nitrogens with zero attached hydrogens (tertiary/aromatic N) is 4. The first-order chi connectivity index (χ1) is 12.4. The molecule has 0 aromatic carbocycles. The van der Waals surface area contributed by atoms with E-state index in [1.54, 1.807) is 6.92 Å². The molecule has 8 heteroatoms. The molecule has 0 saturated carbocycles. The Bertz CT molecular complexity index is 1050. The van der Waals surface area contributed by atoms with Crippen LogP contribution in [0.3, 0.4) is 0 Å². The fraction of sp³-hybridized carbons (Fsp3) is 0.444. The van der Waals surface area contributed by atoms with E-state index in [9.17, 15) is 9.59 Å². The Morgan fingerprint density at radius 3 is 2.77 bits per heavy atom. The lowest BCUT2D eigenvalue weighted by Crippen LogP contribution is -2.38. The highest BCUT2D eigenvalue weighted by molar-refractivity contribution is 7.13. The first-order valence-corrected chi connectivity index (χ1v) is 9.60. The van der Waals surface area contributed by atoms with Crippen molar-refractivity contribution >= 4 is 22.9 Å². The van der Waals surface area contributed by atoms with Gasteiger partial charge in [0, 0.05) is 24.4 Å². The van der Waals surface area contributed by atoms with Gasteiger partial charge in [-0.05, 0) is 40.0 Å². The smallest absolute Gasteiger partial charge is 0.272 e. The van der Waals surface area contributed by atoms with Crippen molar-refractivity contribution in [1.82, 2.24) is 24.5 Å². The van der Waals surface area contributed by atoms with Gasteiger partial charge in [0.2, 0.25) is 0 Å². The first-order valence-electron chi connectivity index (χ1n) is 8.78. The molecule has 0 bridgehead atoms. The zero-order valence-electron chi connectivity index (χ0n) is 15.1. The fourth-order valence-electron chi connectivity index (χ4n) is 3.66. The van der Waals surface area contributed by atoms with Gasteiger partial charge < -0.3 is 4.90 Å². The molecule has 4 rings (SSSR count). The Morgan fingerprint density at radius 1 is 1.23 bits per heavy atom. The number of thiazole rings is 1. The normalized spacial score (nSPS) is 17.8. The molecule has 1 amide bonds. The van der Waals surface area contributed by atoms with Crippen LogP contribution in [0.5, 0.6) is 0 Å². The van der Waals surface area contributed by atoms with Gasteiger partial charge >= 0.3 is 0 Å². The van der Waals surface area contributed by atoms with Crippen LogP contribution in [0.2, 0.25) is 0 Å². The van der Waals surface area contributed by atoms with Crippen molar-refractivity contribution in [2.75, 3.05) is 6.54 Å². The summed E-state index contributed by atoms with van der Waals surface area (Å²) in [4.78, 5) is 36.8. The van der Waals surface area contributed by atoms with Crippen LogP contribution in [-0.4, -0.2) is 36.9 Å². The molecule has 0 unspecified atom stereocenters. The highest BCUT2D eigenvalue weighted by atomic mass is 32.1. The summed E-state index contributed by atoms with van der Waals surface area (Å²) in [7, 11) is 0. The third-order valence-electron chi connectivity index (χ3n) is 4.82. The number of rotatable bonds is 2. The number of fused-ring (bicyclic) bond motifs is 1. The third-order valence-corrected chi connectivity index (χ3v) is 5.88. The minimum Gasteiger partial charge on any atom is -0.329 e.